The van der Waals surface area contributed by atoms with Gasteiger partial charge in [-0.15, -0.1) is 0 Å². The topological polar surface area (TPSA) is 181 Å². The molecule has 2 aromatic rings. The molecule has 15 heteroatoms. The monoisotopic (exact) mass is 863 g/mol. The minimum atomic E-state index is -1.20. The van der Waals surface area contributed by atoms with Crippen molar-refractivity contribution in [2.24, 2.45) is 5.92 Å². The second-order valence-corrected chi connectivity index (χ2v) is 18.4. The Morgan fingerprint density at radius 3 is 2.43 bits per heavy atom. The van der Waals surface area contributed by atoms with Crippen molar-refractivity contribution < 1.29 is 43.0 Å². The van der Waals surface area contributed by atoms with Gasteiger partial charge in [-0.05, 0) is 99.9 Å². The van der Waals surface area contributed by atoms with Crippen molar-refractivity contribution in [3.8, 4) is 5.75 Å². The van der Waals surface area contributed by atoms with Crippen LogP contribution in [0.1, 0.15) is 108 Å². The molecule has 5 rings (SSSR count). The fourth-order valence-corrected chi connectivity index (χ4v) is 9.16. The molecule has 0 aromatic heterocycles. The van der Waals surface area contributed by atoms with E-state index in [1.54, 1.807) is 63.1 Å². The highest BCUT2D eigenvalue weighted by Gasteiger charge is 2.45. The molecule has 2 fully saturated rings. The number of benzene rings is 2. The molecule has 1 saturated carbocycles. The molecule has 4 N–H and O–H groups in total. The number of amides is 4. The Labute approximate surface area is 364 Å². The average Bonchev–Trinajstić information content (AvgIpc) is 3.68. The highest BCUT2D eigenvalue weighted by Crippen LogP contribution is 2.31. The summed E-state index contributed by atoms with van der Waals surface area (Å²) in [5.74, 6) is -1.43. The van der Waals surface area contributed by atoms with E-state index in [0.717, 1.165) is 61.3 Å². The summed E-state index contributed by atoms with van der Waals surface area (Å²) in [4.78, 5) is 83.6. The summed E-state index contributed by atoms with van der Waals surface area (Å²) < 4.78 is 17.4. The third-order valence-electron chi connectivity index (χ3n) is 11.3. The summed E-state index contributed by atoms with van der Waals surface area (Å²) in [6.45, 7) is 7.65. The number of nitrogens with one attached hydrogen (secondary N) is 4. The summed E-state index contributed by atoms with van der Waals surface area (Å²) in [6.07, 6.45) is 7.00. The minimum Gasteiger partial charge on any atom is -0.497 e. The van der Waals surface area contributed by atoms with E-state index in [2.05, 4.69) is 33.4 Å². The summed E-state index contributed by atoms with van der Waals surface area (Å²) >= 11 is 1.82. The summed E-state index contributed by atoms with van der Waals surface area (Å²) in [6, 6.07) is 11.1. The molecule has 2 heterocycles. The maximum atomic E-state index is 14.7. The van der Waals surface area contributed by atoms with Gasteiger partial charge in [0.1, 0.15) is 17.4 Å². The normalized spacial score (nSPS) is 21.6. The minimum absolute atomic E-state index is 0.103. The molecule has 2 aliphatic heterocycles. The third-order valence-corrected chi connectivity index (χ3v) is 12.4. The number of nitrogens with zero attached hydrogens (tertiary/aromatic N) is 1. The number of hydrogen-bond acceptors (Lipinski definition) is 11. The first-order chi connectivity index (χ1) is 29.3. The fourth-order valence-electron chi connectivity index (χ4n) is 8.29. The predicted octanol–water partition coefficient (Wildman–Crippen LogP) is 4.57. The van der Waals surface area contributed by atoms with Crippen molar-refractivity contribution in [2.75, 3.05) is 39.1 Å². The first-order valence-electron chi connectivity index (χ1n) is 21.9. The molecular formula is C46H65N5O9S. The standard InChI is InChI=1S/C46H65N5O9S/c1-6-14-36(41(53)43(55)48-27-38(52)50-40(33-17-11-8-12-18-33)45(57)60-46(2,3)4)49-42(54)37-26-35-28-51(37)44(56)39(32-15-9-7-10-16-32)47-20-19-30-23-31(25-34(24-30)58-5)29-61-22-13-21-59-35/h8,11-12,17-18,23-25,32,35-37,39-40,47H,6-7,9-10,13-16,19-22,26-29H2,1-5H3,(H,48,55)(H,49,54)(H,50,52)/t35-,36?,37+,39?,40+/m1/s1. The van der Waals surface area contributed by atoms with E-state index in [1.165, 1.54) is 5.56 Å². The molecule has 3 aliphatic rings. The number of esters is 1. The SMILES string of the molecule is CCCC(NC(=O)[C@@H]1C[C@@H]2CN1C(=O)C(C1CCCCC1)NCCc1cc(cc(OC)c1)CSCCCO2)C(=O)C(=O)NCC(=O)N[C@H](C(=O)OC(C)(C)C)c1ccccc1. The Morgan fingerprint density at radius 2 is 1.72 bits per heavy atom. The van der Waals surface area contributed by atoms with Crippen LogP contribution in [0.25, 0.3) is 0 Å². The van der Waals surface area contributed by atoms with Gasteiger partial charge in [0.25, 0.3) is 5.91 Å². The number of carbonyl (C=O) groups excluding carboxylic acids is 6. The van der Waals surface area contributed by atoms with Crippen LogP contribution in [0.5, 0.6) is 5.75 Å². The zero-order chi connectivity index (χ0) is 43.9. The number of Topliss-reactive ketones (excluding diaryl/α,β-unsaturated/α-hetero) is 1. The zero-order valence-corrected chi connectivity index (χ0v) is 37.2. The van der Waals surface area contributed by atoms with Crippen molar-refractivity contribution in [2.45, 2.75) is 134 Å². The lowest BCUT2D eigenvalue weighted by Gasteiger charge is -2.35. The van der Waals surface area contributed by atoms with Crippen molar-refractivity contribution in [3.63, 3.8) is 0 Å². The molecule has 0 spiro atoms. The van der Waals surface area contributed by atoms with Gasteiger partial charge in [0, 0.05) is 25.3 Å². The van der Waals surface area contributed by atoms with Gasteiger partial charge in [-0.3, -0.25) is 24.0 Å². The molecule has 14 nitrogen and oxygen atoms in total. The Hall–Kier alpha value is -4.47. The van der Waals surface area contributed by atoms with E-state index in [9.17, 15) is 28.8 Å². The number of carbonyl (C=O) groups is 6. The summed E-state index contributed by atoms with van der Waals surface area (Å²) in [5.41, 5.74) is 1.99. The number of methoxy groups -OCH3 is 1. The third kappa shape index (κ3) is 14.3. The fraction of sp³-hybridized carbons (Fsp3) is 0.609. The second kappa shape index (κ2) is 23.1. The van der Waals surface area contributed by atoms with Gasteiger partial charge in [-0.25, -0.2) is 4.79 Å². The lowest BCUT2D eigenvalue weighted by Crippen LogP contribution is -2.57. The van der Waals surface area contributed by atoms with Gasteiger partial charge < -0.3 is 40.4 Å². The number of thioether (sulfide) groups is 1. The van der Waals surface area contributed by atoms with Crippen molar-refractivity contribution in [1.82, 2.24) is 26.2 Å². The molecular weight excluding hydrogens is 799 g/mol. The Bertz CT molecular complexity index is 1820. The molecule has 5 atom stereocenters. The van der Waals surface area contributed by atoms with Crippen molar-refractivity contribution >= 4 is 47.1 Å². The van der Waals surface area contributed by atoms with Gasteiger partial charge in [-0.2, -0.15) is 11.8 Å². The van der Waals surface area contributed by atoms with Gasteiger partial charge in [0.05, 0.1) is 31.8 Å². The number of hydrogen-bond donors (Lipinski definition) is 4. The highest BCUT2D eigenvalue weighted by molar-refractivity contribution is 7.98. The molecule has 61 heavy (non-hydrogen) atoms. The van der Waals surface area contributed by atoms with Crippen LogP contribution < -0.4 is 26.0 Å². The molecule has 1 saturated heterocycles. The van der Waals surface area contributed by atoms with Crippen LogP contribution in [0.3, 0.4) is 0 Å². The molecule has 334 valence electrons. The highest BCUT2D eigenvalue weighted by atomic mass is 32.2. The summed E-state index contributed by atoms with van der Waals surface area (Å²) in [5, 5.41) is 11.4. The van der Waals surface area contributed by atoms with E-state index in [0.29, 0.717) is 31.6 Å². The van der Waals surface area contributed by atoms with Gasteiger partial charge in [0.2, 0.25) is 23.5 Å². The van der Waals surface area contributed by atoms with Crippen LogP contribution >= 0.6 is 11.8 Å². The largest absolute Gasteiger partial charge is 0.497 e. The Kier molecular flexibility index (Phi) is 18.0. The number of fused-ring (bicyclic) bond motifs is 4. The van der Waals surface area contributed by atoms with E-state index in [1.807, 2.05) is 24.8 Å². The molecule has 2 unspecified atom stereocenters. The second-order valence-electron chi connectivity index (χ2n) is 17.3. The maximum Gasteiger partial charge on any atom is 0.333 e. The van der Waals surface area contributed by atoms with E-state index >= 15 is 0 Å². The summed E-state index contributed by atoms with van der Waals surface area (Å²) in [7, 11) is 1.67. The Morgan fingerprint density at radius 1 is 0.984 bits per heavy atom. The first kappa shape index (κ1) is 47.6. The average molecular weight is 864 g/mol. The van der Waals surface area contributed by atoms with Gasteiger partial charge >= 0.3 is 5.97 Å². The zero-order valence-electron chi connectivity index (χ0n) is 36.4. The van der Waals surface area contributed by atoms with E-state index in [4.69, 9.17) is 14.2 Å². The van der Waals surface area contributed by atoms with Crippen molar-refractivity contribution in [3.05, 3.63) is 65.2 Å². The van der Waals surface area contributed by atoms with Gasteiger partial charge in [-0.1, -0.05) is 69.0 Å². The number of ketones is 1. The van der Waals surface area contributed by atoms with Crippen LogP contribution in [-0.4, -0.2) is 109 Å². The van der Waals surface area contributed by atoms with Crippen LogP contribution in [0.15, 0.2) is 48.5 Å². The number of ether oxygens (including phenoxy) is 3. The van der Waals surface area contributed by atoms with Crippen molar-refractivity contribution in [1.29, 1.82) is 0 Å². The molecule has 4 bridgehead atoms. The Balaban J connectivity index is 1.27. The smallest absolute Gasteiger partial charge is 0.333 e. The van der Waals surface area contributed by atoms with Crippen LogP contribution in [-0.2, 0) is 50.4 Å². The van der Waals surface area contributed by atoms with E-state index < -0.39 is 65.8 Å². The van der Waals surface area contributed by atoms with Crippen LogP contribution in [0, 0.1) is 5.92 Å². The lowest BCUT2D eigenvalue weighted by molar-refractivity contribution is -0.158. The quantitative estimate of drug-likeness (QED) is 0.164. The predicted molar refractivity (Wildman–Crippen MR) is 234 cm³/mol. The first-order valence-corrected chi connectivity index (χ1v) is 23.0. The van der Waals surface area contributed by atoms with Crippen LogP contribution in [0.4, 0.5) is 0 Å². The molecule has 2 aromatic carbocycles. The molecule has 0 radical (unpaired) electrons. The molecule has 1 aliphatic carbocycles. The van der Waals surface area contributed by atoms with Gasteiger partial charge in [0.15, 0.2) is 6.04 Å². The van der Waals surface area contributed by atoms with E-state index in [-0.39, 0.29) is 37.3 Å². The maximum absolute atomic E-state index is 14.7. The lowest BCUT2D eigenvalue weighted by atomic mass is 9.83. The van der Waals surface area contributed by atoms with Crippen LogP contribution in [0.2, 0.25) is 0 Å². The number of rotatable bonds is 13. The molecule has 4 amide bonds.